The van der Waals surface area contributed by atoms with Crippen LogP contribution in [0.15, 0.2) is 78.9 Å². The van der Waals surface area contributed by atoms with Gasteiger partial charge in [-0.05, 0) is 36.2 Å². The molecule has 0 aliphatic carbocycles. The van der Waals surface area contributed by atoms with E-state index in [-0.39, 0.29) is 24.8 Å². The number of nitrogens with one attached hydrogen (secondary N) is 2. The number of hydrogen-bond acceptors (Lipinski definition) is 3. The molecule has 1 amide bonds. The number of benzene rings is 3. The molecule has 3 aromatic carbocycles. The first-order valence-electron chi connectivity index (χ1n) is 10.2. The van der Waals surface area contributed by atoms with Gasteiger partial charge in [-0.25, -0.2) is 0 Å². The number of rotatable bonds is 7. The third-order valence-electron chi connectivity index (χ3n) is 5.60. The maximum Gasteiger partial charge on any atom is 0.278 e. The average molecular weight is 404 g/mol. The molecule has 0 radical (unpaired) electrons. The summed E-state index contributed by atoms with van der Waals surface area (Å²) in [7, 11) is 2.04. The van der Waals surface area contributed by atoms with Crippen LogP contribution in [0.3, 0.4) is 0 Å². The van der Waals surface area contributed by atoms with Crippen molar-refractivity contribution in [3.63, 3.8) is 0 Å². The summed E-state index contributed by atoms with van der Waals surface area (Å²) in [6.07, 6.45) is 0. The second kappa shape index (κ2) is 9.01. The Balaban J connectivity index is 1.46. The van der Waals surface area contributed by atoms with E-state index >= 15 is 0 Å². The van der Waals surface area contributed by atoms with Gasteiger partial charge in [-0.1, -0.05) is 60.7 Å². The Kier molecular flexibility index (Phi) is 6.00. The zero-order chi connectivity index (χ0) is 20.9. The maximum atomic E-state index is 13.1. The van der Waals surface area contributed by atoms with Crippen molar-refractivity contribution in [2.45, 2.75) is 25.6 Å². The zero-order valence-electron chi connectivity index (χ0n) is 17.3. The average Bonchev–Trinajstić information content (AvgIpc) is 3.26. The SMILES string of the molecule is C[C@H](C(=O)NC(c1ccccc1)c1ccccc1)[NH+](C)Cc1ccc2c(c1)OCO2. The number of likely N-dealkylation sites (N-methyl/N-ethyl adjacent to an activating group) is 1. The second-order valence-electron chi connectivity index (χ2n) is 7.70. The fourth-order valence-corrected chi connectivity index (χ4v) is 3.67. The molecule has 0 fully saturated rings. The molecule has 0 saturated heterocycles. The quantitative estimate of drug-likeness (QED) is 0.638. The van der Waals surface area contributed by atoms with E-state index in [9.17, 15) is 4.79 Å². The number of amides is 1. The van der Waals surface area contributed by atoms with Gasteiger partial charge in [0.2, 0.25) is 6.79 Å². The molecule has 2 N–H and O–H groups in total. The van der Waals surface area contributed by atoms with Crippen LogP contribution in [0.1, 0.15) is 29.7 Å². The summed E-state index contributed by atoms with van der Waals surface area (Å²) in [5.74, 6) is 1.56. The lowest BCUT2D eigenvalue weighted by Gasteiger charge is -2.25. The number of ether oxygens (including phenoxy) is 2. The molecule has 2 atom stereocenters. The van der Waals surface area contributed by atoms with Crippen molar-refractivity contribution >= 4 is 5.91 Å². The fourth-order valence-electron chi connectivity index (χ4n) is 3.67. The van der Waals surface area contributed by atoms with Gasteiger partial charge in [0, 0.05) is 5.56 Å². The number of quaternary nitrogens is 1. The van der Waals surface area contributed by atoms with E-state index in [1.54, 1.807) is 0 Å². The highest BCUT2D eigenvalue weighted by Crippen LogP contribution is 2.32. The van der Waals surface area contributed by atoms with Gasteiger partial charge in [0.15, 0.2) is 17.5 Å². The van der Waals surface area contributed by atoms with Crippen LogP contribution in [0.5, 0.6) is 11.5 Å². The van der Waals surface area contributed by atoms with Gasteiger partial charge in [0.1, 0.15) is 6.54 Å². The molecule has 4 rings (SSSR count). The molecule has 1 heterocycles. The van der Waals surface area contributed by atoms with Gasteiger partial charge >= 0.3 is 0 Å². The van der Waals surface area contributed by atoms with Crippen LogP contribution in [0, 0.1) is 0 Å². The number of hydrogen-bond donors (Lipinski definition) is 2. The van der Waals surface area contributed by atoms with Crippen LogP contribution in [0.4, 0.5) is 0 Å². The van der Waals surface area contributed by atoms with Crippen molar-refractivity contribution < 1.29 is 19.2 Å². The van der Waals surface area contributed by atoms with Crippen molar-refractivity contribution in [3.8, 4) is 11.5 Å². The Bertz CT molecular complexity index is 952. The Morgan fingerprint density at radius 1 is 0.933 bits per heavy atom. The lowest BCUT2D eigenvalue weighted by Crippen LogP contribution is -3.12. The summed E-state index contributed by atoms with van der Waals surface area (Å²) in [4.78, 5) is 14.2. The van der Waals surface area contributed by atoms with Crippen molar-refractivity contribution in [1.29, 1.82) is 0 Å². The molecule has 0 saturated carbocycles. The smallest absolute Gasteiger partial charge is 0.278 e. The predicted molar refractivity (Wildman–Crippen MR) is 115 cm³/mol. The lowest BCUT2D eigenvalue weighted by atomic mass is 9.98. The number of carbonyl (C=O) groups excluding carboxylic acids is 1. The summed E-state index contributed by atoms with van der Waals surface area (Å²) >= 11 is 0. The maximum absolute atomic E-state index is 13.1. The van der Waals surface area contributed by atoms with Crippen molar-refractivity contribution in [2.24, 2.45) is 0 Å². The fraction of sp³-hybridized carbons (Fsp3) is 0.240. The molecule has 5 heteroatoms. The highest BCUT2D eigenvalue weighted by molar-refractivity contribution is 5.80. The standard InChI is InChI=1S/C25H26N2O3/c1-18(27(2)16-19-13-14-22-23(15-19)30-17-29-22)25(28)26-24(20-9-5-3-6-10-20)21-11-7-4-8-12-21/h3-15,18,24H,16-17H2,1-2H3,(H,26,28)/p+1/t18-/m1/s1. The molecule has 0 bridgehead atoms. The van der Waals surface area contributed by atoms with Crippen molar-refractivity contribution in [3.05, 3.63) is 95.6 Å². The third-order valence-corrected chi connectivity index (χ3v) is 5.60. The van der Waals surface area contributed by atoms with Crippen molar-refractivity contribution in [2.75, 3.05) is 13.8 Å². The van der Waals surface area contributed by atoms with E-state index in [0.29, 0.717) is 6.54 Å². The minimum absolute atomic E-state index is 0.0194. The Labute approximate surface area is 177 Å². The molecule has 3 aromatic rings. The molecule has 1 aliphatic heterocycles. The summed E-state index contributed by atoms with van der Waals surface area (Å²) in [6.45, 7) is 2.94. The van der Waals surface area contributed by atoms with Gasteiger partial charge < -0.3 is 19.7 Å². The van der Waals surface area contributed by atoms with E-state index in [4.69, 9.17) is 9.47 Å². The number of carbonyl (C=O) groups is 1. The second-order valence-corrected chi connectivity index (χ2v) is 7.70. The highest BCUT2D eigenvalue weighted by Gasteiger charge is 2.26. The van der Waals surface area contributed by atoms with E-state index in [2.05, 4.69) is 5.32 Å². The van der Waals surface area contributed by atoms with Gasteiger partial charge in [-0.2, -0.15) is 0 Å². The van der Waals surface area contributed by atoms with E-state index < -0.39 is 0 Å². The Morgan fingerprint density at radius 2 is 1.53 bits per heavy atom. The van der Waals surface area contributed by atoms with Crippen LogP contribution in [-0.2, 0) is 11.3 Å². The van der Waals surface area contributed by atoms with E-state index in [0.717, 1.165) is 33.1 Å². The van der Waals surface area contributed by atoms with Crippen LogP contribution in [0.25, 0.3) is 0 Å². The summed E-state index contributed by atoms with van der Waals surface area (Å²) in [5, 5.41) is 3.25. The van der Waals surface area contributed by atoms with Gasteiger partial charge in [0.25, 0.3) is 5.91 Å². The largest absolute Gasteiger partial charge is 0.454 e. The molecule has 1 unspecified atom stereocenters. The number of fused-ring (bicyclic) bond motifs is 1. The first kappa shape index (κ1) is 20.0. The zero-order valence-corrected chi connectivity index (χ0v) is 17.3. The van der Waals surface area contributed by atoms with Gasteiger partial charge in [-0.3, -0.25) is 4.79 Å². The summed E-state index contributed by atoms with van der Waals surface area (Å²) in [6, 6.07) is 25.7. The topological polar surface area (TPSA) is 52.0 Å². The van der Waals surface area contributed by atoms with Gasteiger partial charge in [-0.15, -0.1) is 0 Å². The molecular formula is C25H27N2O3+. The van der Waals surface area contributed by atoms with E-state index in [1.807, 2.05) is 92.8 Å². The molecule has 0 spiro atoms. The third kappa shape index (κ3) is 4.47. The van der Waals surface area contributed by atoms with Crippen LogP contribution in [0.2, 0.25) is 0 Å². The first-order chi connectivity index (χ1) is 14.6. The van der Waals surface area contributed by atoms with Crippen molar-refractivity contribution in [1.82, 2.24) is 5.32 Å². The monoisotopic (exact) mass is 403 g/mol. The van der Waals surface area contributed by atoms with Crippen LogP contribution < -0.4 is 19.7 Å². The van der Waals surface area contributed by atoms with E-state index in [1.165, 1.54) is 0 Å². The molecular weight excluding hydrogens is 376 g/mol. The van der Waals surface area contributed by atoms with Crippen LogP contribution in [-0.4, -0.2) is 25.8 Å². The highest BCUT2D eigenvalue weighted by atomic mass is 16.7. The predicted octanol–water partition coefficient (Wildman–Crippen LogP) is 2.72. The Morgan fingerprint density at radius 3 is 2.17 bits per heavy atom. The minimum Gasteiger partial charge on any atom is -0.454 e. The molecule has 154 valence electrons. The molecule has 5 nitrogen and oxygen atoms in total. The molecule has 1 aliphatic rings. The normalized spacial score (nSPS) is 14.4. The molecule has 0 aromatic heterocycles. The van der Waals surface area contributed by atoms with Crippen LogP contribution >= 0.6 is 0 Å². The van der Waals surface area contributed by atoms with Gasteiger partial charge in [0.05, 0.1) is 13.1 Å². The lowest BCUT2D eigenvalue weighted by molar-refractivity contribution is -0.908. The summed E-state index contributed by atoms with van der Waals surface area (Å²) in [5.41, 5.74) is 3.24. The first-order valence-corrected chi connectivity index (χ1v) is 10.2. The molecule has 30 heavy (non-hydrogen) atoms. The summed E-state index contributed by atoms with van der Waals surface area (Å²) < 4.78 is 10.8. The minimum atomic E-state index is -0.217. The Hall–Kier alpha value is -3.31.